The first-order valence-electron chi connectivity index (χ1n) is 10.8. The van der Waals surface area contributed by atoms with Gasteiger partial charge in [0.1, 0.15) is 6.10 Å². The minimum absolute atomic E-state index is 0.0205. The van der Waals surface area contributed by atoms with E-state index in [1.807, 2.05) is 42.5 Å². The van der Waals surface area contributed by atoms with Crippen LogP contribution < -0.4 is 0 Å². The Balaban J connectivity index is 1.74. The maximum atomic E-state index is 6.79. The molecule has 0 heterocycles. The molecule has 3 nitrogen and oxygen atoms in total. The molecule has 1 fully saturated rings. The number of benzene rings is 2. The molecule has 4 heteroatoms. The maximum absolute atomic E-state index is 6.79. The SMILES string of the molecule is C=C[C@@H]1[C@@H](O[Si](C)(C)C(C)(C)C)[C@H](OCc2ccccc2)[C@H]1OCc1ccccc1. The van der Waals surface area contributed by atoms with Crippen molar-refractivity contribution in [2.24, 2.45) is 5.92 Å². The Bertz CT molecular complexity index is 798. The summed E-state index contributed by atoms with van der Waals surface area (Å²) >= 11 is 0. The van der Waals surface area contributed by atoms with E-state index in [0.29, 0.717) is 13.2 Å². The summed E-state index contributed by atoms with van der Waals surface area (Å²) in [6, 6.07) is 20.6. The minimum atomic E-state index is -1.95. The molecule has 1 aliphatic carbocycles. The lowest BCUT2D eigenvalue weighted by Gasteiger charge is -2.53. The van der Waals surface area contributed by atoms with Gasteiger partial charge in [-0.15, -0.1) is 6.58 Å². The van der Waals surface area contributed by atoms with Gasteiger partial charge in [0.25, 0.3) is 0 Å². The van der Waals surface area contributed by atoms with Crippen LogP contribution in [0.1, 0.15) is 31.9 Å². The molecule has 30 heavy (non-hydrogen) atoms. The average molecular weight is 425 g/mol. The monoisotopic (exact) mass is 424 g/mol. The van der Waals surface area contributed by atoms with Crippen LogP contribution in [0.15, 0.2) is 73.3 Å². The van der Waals surface area contributed by atoms with Gasteiger partial charge in [-0.25, -0.2) is 0 Å². The van der Waals surface area contributed by atoms with E-state index in [1.165, 1.54) is 0 Å². The normalized spacial score (nSPS) is 24.3. The van der Waals surface area contributed by atoms with E-state index < -0.39 is 8.32 Å². The maximum Gasteiger partial charge on any atom is 0.192 e. The van der Waals surface area contributed by atoms with E-state index in [-0.39, 0.29) is 29.3 Å². The molecule has 0 amide bonds. The van der Waals surface area contributed by atoms with E-state index in [2.05, 4.69) is 64.7 Å². The third kappa shape index (κ3) is 5.30. The van der Waals surface area contributed by atoms with Gasteiger partial charge in [0.15, 0.2) is 8.32 Å². The van der Waals surface area contributed by atoms with Crippen LogP contribution in [-0.4, -0.2) is 26.6 Å². The molecular weight excluding hydrogens is 388 g/mol. The molecule has 4 atom stereocenters. The van der Waals surface area contributed by atoms with E-state index in [9.17, 15) is 0 Å². The van der Waals surface area contributed by atoms with Crippen molar-refractivity contribution in [3.8, 4) is 0 Å². The molecule has 1 aliphatic rings. The predicted molar refractivity (Wildman–Crippen MR) is 126 cm³/mol. The van der Waals surface area contributed by atoms with Crippen molar-refractivity contribution in [1.82, 2.24) is 0 Å². The van der Waals surface area contributed by atoms with Gasteiger partial charge in [-0.2, -0.15) is 0 Å². The molecule has 1 saturated carbocycles. The van der Waals surface area contributed by atoms with Crippen LogP contribution in [0.25, 0.3) is 0 Å². The third-order valence-electron chi connectivity index (χ3n) is 6.49. The lowest BCUT2D eigenvalue weighted by atomic mass is 9.75. The summed E-state index contributed by atoms with van der Waals surface area (Å²) in [7, 11) is -1.95. The summed E-state index contributed by atoms with van der Waals surface area (Å²) in [5.74, 6) is 0.128. The molecule has 0 aliphatic heterocycles. The lowest BCUT2D eigenvalue weighted by Crippen LogP contribution is -2.65. The van der Waals surface area contributed by atoms with Gasteiger partial charge < -0.3 is 13.9 Å². The quantitative estimate of drug-likeness (QED) is 0.346. The number of ether oxygens (including phenoxy) is 2. The largest absolute Gasteiger partial charge is 0.410 e. The Hall–Kier alpha value is -1.72. The molecule has 0 saturated heterocycles. The molecule has 0 radical (unpaired) electrons. The predicted octanol–water partition coefficient (Wildman–Crippen LogP) is 6.36. The summed E-state index contributed by atoms with van der Waals surface area (Å²) in [5, 5.41) is 0.138. The van der Waals surface area contributed by atoms with Gasteiger partial charge in [-0.05, 0) is 29.3 Å². The molecule has 2 aromatic rings. The topological polar surface area (TPSA) is 27.7 Å². The van der Waals surface area contributed by atoms with Crippen molar-refractivity contribution in [3.63, 3.8) is 0 Å². The summed E-state index contributed by atoms with van der Waals surface area (Å²) in [4.78, 5) is 0. The second-order valence-electron chi connectivity index (χ2n) is 9.68. The van der Waals surface area contributed by atoms with Crippen LogP contribution in [0.3, 0.4) is 0 Å². The lowest BCUT2D eigenvalue weighted by molar-refractivity contribution is -0.221. The van der Waals surface area contributed by atoms with Crippen molar-refractivity contribution in [2.45, 2.75) is 70.4 Å². The Labute approximate surface area is 183 Å². The highest BCUT2D eigenvalue weighted by Crippen LogP contribution is 2.44. The Morgan fingerprint density at radius 2 is 1.27 bits per heavy atom. The van der Waals surface area contributed by atoms with Crippen molar-refractivity contribution >= 4 is 8.32 Å². The van der Waals surface area contributed by atoms with Crippen LogP contribution in [0, 0.1) is 5.92 Å². The van der Waals surface area contributed by atoms with Gasteiger partial charge in [0, 0.05) is 5.92 Å². The van der Waals surface area contributed by atoms with E-state index in [1.54, 1.807) is 0 Å². The zero-order valence-corrected chi connectivity index (χ0v) is 20.0. The second kappa shape index (κ2) is 9.61. The molecule has 0 N–H and O–H groups in total. The number of hydrogen-bond acceptors (Lipinski definition) is 3. The summed E-state index contributed by atoms with van der Waals surface area (Å²) in [6.07, 6.45) is 1.80. The van der Waals surface area contributed by atoms with Crippen LogP contribution >= 0.6 is 0 Å². The van der Waals surface area contributed by atoms with Crippen molar-refractivity contribution in [2.75, 3.05) is 0 Å². The Morgan fingerprint density at radius 3 is 1.70 bits per heavy atom. The fraction of sp³-hybridized carbons (Fsp3) is 0.462. The van der Waals surface area contributed by atoms with Gasteiger partial charge in [-0.3, -0.25) is 0 Å². The summed E-state index contributed by atoms with van der Waals surface area (Å²) in [6.45, 7) is 16.6. The molecule has 0 bridgehead atoms. The standard InChI is InChI=1S/C26H36O3Si/c1-7-22-23(27-18-20-14-10-8-11-15-20)25(28-19-21-16-12-9-13-17-21)24(22)29-30(5,6)26(2,3)4/h7-17,22-25H,1,18-19H2,2-6H3/t22-,23-,24+,25+/m0/s1. The van der Waals surface area contributed by atoms with Crippen molar-refractivity contribution in [3.05, 3.63) is 84.4 Å². The van der Waals surface area contributed by atoms with E-state index in [0.717, 1.165) is 11.1 Å². The molecule has 0 spiro atoms. The van der Waals surface area contributed by atoms with Gasteiger partial charge >= 0.3 is 0 Å². The van der Waals surface area contributed by atoms with E-state index in [4.69, 9.17) is 13.9 Å². The van der Waals surface area contributed by atoms with E-state index >= 15 is 0 Å². The van der Waals surface area contributed by atoms with Gasteiger partial charge in [-0.1, -0.05) is 87.5 Å². The summed E-state index contributed by atoms with van der Waals surface area (Å²) < 4.78 is 19.5. The van der Waals surface area contributed by atoms with Crippen LogP contribution in [0.2, 0.25) is 18.1 Å². The zero-order valence-electron chi connectivity index (χ0n) is 19.0. The average Bonchev–Trinajstić information content (AvgIpc) is 2.71. The molecule has 162 valence electrons. The highest BCUT2D eigenvalue weighted by atomic mass is 28.4. The third-order valence-corrected chi connectivity index (χ3v) is 11.0. The van der Waals surface area contributed by atoms with Crippen LogP contribution in [-0.2, 0) is 27.1 Å². The first-order valence-corrected chi connectivity index (χ1v) is 13.8. The fourth-order valence-electron chi connectivity index (χ4n) is 3.53. The zero-order chi connectivity index (χ0) is 21.8. The molecule has 3 rings (SSSR count). The first-order chi connectivity index (χ1) is 14.2. The van der Waals surface area contributed by atoms with Gasteiger partial charge in [0.05, 0.1) is 25.4 Å². The second-order valence-corrected chi connectivity index (χ2v) is 14.4. The number of rotatable bonds is 9. The molecule has 2 aromatic carbocycles. The number of hydrogen-bond donors (Lipinski definition) is 0. The summed E-state index contributed by atoms with van der Waals surface area (Å²) in [5.41, 5.74) is 2.32. The van der Waals surface area contributed by atoms with Crippen LogP contribution in [0.4, 0.5) is 0 Å². The van der Waals surface area contributed by atoms with Gasteiger partial charge in [0.2, 0.25) is 0 Å². The smallest absolute Gasteiger partial charge is 0.192 e. The van der Waals surface area contributed by atoms with Crippen LogP contribution in [0.5, 0.6) is 0 Å². The molecular formula is C26H36O3Si. The fourth-order valence-corrected chi connectivity index (χ4v) is 4.85. The Kier molecular flexibility index (Phi) is 7.35. The van der Waals surface area contributed by atoms with Crippen molar-refractivity contribution in [1.29, 1.82) is 0 Å². The first kappa shape index (κ1) is 23.0. The van der Waals surface area contributed by atoms with Crippen molar-refractivity contribution < 1.29 is 13.9 Å². The highest BCUT2D eigenvalue weighted by molar-refractivity contribution is 6.74. The minimum Gasteiger partial charge on any atom is -0.410 e. The highest BCUT2D eigenvalue weighted by Gasteiger charge is 2.55. The Morgan fingerprint density at radius 1 is 0.800 bits per heavy atom. The molecule has 0 unspecified atom stereocenters. The molecule has 0 aromatic heterocycles.